The highest BCUT2D eigenvalue weighted by Gasteiger charge is 2.30. The SMILES string of the molecule is CCOC(=O)c1c(C)n(C(C)C)c2ccc(O)c(C(C)C(=O)OCC)c12. The third-order valence-electron chi connectivity index (χ3n) is 4.50. The molecule has 2 rings (SSSR count). The number of aromatic hydroxyl groups is 1. The fourth-order valence-electron chi connectivity index (χ4n) is 3.48. The maximum Gasteiger partial charge on any atom is 0.340 e. The summed E-state index contributed by atoms with van der Waals surface area (Å²) < 4.78 is 12.4. The van der Waals surface area contributed by atoms with Gasteiger partial charge in [-0.25, -0.2) is 4.79 Å². The average molecular weight is 361 g/mol. The quantitative estimate of drug-likeness (QED) is 0.785. The van der Waals surface area contributed by atoms with Gasteiger partial charge in [0, 0.05) is 28.2 Å². The first-order valence-corrected chi connectivity index (χ1v) is 8.96. The number of aromatic nitrogens is 1. The number of phenols is 1. The van der Waals surface area contributed by atoms with E-state index < -0.39 is 17.9 Å². The van der Waals surface area contributed by atoms with Crippen LogP contribution in [0.4, 0.5) is 0 Å². The Labute approximate surface area is 153 Å². The summed E-state index contributed by atoms with van der Waals surface area (Å²) in [5.74, 6) is -1.66. The fourth-order valence-corrected chi connectivity index (χ4v) is 3.48. The lowest BCUT2D eigenvalue weighted by molar-refractivity contribution is -0.144. The molecule has 142 valence electrons. The number of fused-ring (bicyclic) bond motifs is 1. The molecule has 26 heavy (non-hydrogen) atoms. The molecular formula is C20H27NO5. The minimum absolute atomic E-state index is 0.0375. The van der Waals surface area contributed by atoms with Crippen molar-refractivity contribution in [3.8, 4) is 5.75 Å². The Kier molecular flexibility index (Phi) is 5.95. The molecule has 1 aromatic carbocycles. The summed E-state index contributed by atoms with van der Waals surface area (Å²) in [5.41, 5.74) is 2.31. The van der Waals surface area contributed by atoms with Crippen LogP contribution in [-0.2, 0) is 14.3 Å². The monoisotopic (exact) mass is 361 g/mol. The van der Waals surface area contributed by atoms with E-state index in [0.29, 0.717) is 16.5 Å². The molecule has 0 fully saturated rings. The zero-order valence-corrected chi connectivity index (χ0v) is 16.3. The van der Waals surface area contributed by atoms with Crippen LogP contribution in [0.15, 0.2) is 12.1 Å². The van der Waals surface area contributed by atoms with Crippen LogP contribution in [0.3, 0.4) is 0 Å². The third-order valence-corrected chi connectivity index (χ3v) is 4.50. The number of esters is 2. The number of hydrogen-bond donors (Lipinski definition) is 1. The first-order valence-electron chi connectivity index (χ1n) is 8.96. The van der Waals surface area contributed by atoms with Gasteiger partial charge in [-0.15, -0.1) is 0 Å². The van der Waals surface area contributed by atoms with Crippen molar-refractivity contribution in [2.75, 3.05) is 13.2 Å². The van der Waals surface area contributed by atoms with Crippen LogP contribution in [0.5, 0.6) is 5.75 Å². The Morgan fingerprint density at radius 2 is 1.73 bits per heavy atom. The Balaban J connectivity index is 2.88. The molecule has 0 aliphatic carbocycles. The minimum atomic E-state index is -0.714. The van der Waals surface area contributed by atoms with E-state index in [9.17, 15) is 14.7 Å². The third kappa shape index (κ3) is 3.28. The maximum atomic E-state index is 12.7. The molecule has 0 bridgehead atoms. The van der Waals surface area contributed by atoms with Gasteiger partial charge in [-0.3, -0.25) is 4.79 Å². The lowest BCUT2D eigenvalue weighted by Gasteiger charge is -2.16. The number of carbonyl (C=O) groups excluding carboxylic acids is 2. The molecule has 0 saturated heterocycles. The van der Waals surface area contributed by atoms with Crippen molar-refractivity contribution in [3.63, 3.8) is 0 Å². The van der Waals surface area contributed by atoms with Crippen molar-refractivity contribution in [3.05, 3.63) is 29.0 Å². The second-order valence-electron chi connectivity index (χ2n) is 6.51. The molecule has 1 aromatic heterocycles. The highest BCUT2D eigenvalue weighted by atomic mass is 16.5. The topological polar surface area (TPSA) is 77.8 Å². The predicted molar refractivity (Wildman–Crippen MR) is 99.7 cm³/mol. The smallest absolute Gasteiger partial charge is 0.340 e. The molecule has 1 heterocycles. The molecular weight excluding hydrogens is 334 g/mol. The molecule has 0 saturated carbocycles. The summed E-state index contributed by atoms with van der Waals surface area (Å²) >= 11 is 0. The fraction of sp³-hybridized carbons (Fsp3) is 0.500. The zero-order valence-electron chi connectivity index (χ0n) is 16.3. The van der Waals surface area contributed by atoms with Crippen molar-refractivity contribution in [1.29, 1.82) is 0 Å². The van der Waals surface area contributed by atoms with E-state index in [-0.39, 0.29) is 25.0 Å². The lowest BCUT2D eigenvalue weighted by Crippen LogP contribution is -2.14. The molecule has 0 aliphatic heterocycles. The van der Waals surface area contributed by atoms with E-state index in [1.165, 1.54) is 0 Å². The van der Waals surface area contributed by atoms with Gasteiger partial charge in [-0.1, -0.05) is 0 Å². The number of rotatable bonds is 6. The Morgan fingerprint density at radius 1 is 1.12 bits per heavy atom. The largest absolute Gasteiger partial charge is 0.508 e. The predicted octanol–water partition coefficient (Wildman–Crippen LogP) is 4.08. The van der Waals surface area contributed by atoms with Gasteiger partial charge in [-0.05, 0) is 53.7 Å². The molecule has 0 spiro atoms. The summed E-state index contributed by atoms with van der Waals surface area (Å²) in [5, 5.41) is 11.1. The maximum absolute atomic E-state index is 12.7. The van der Waals surface area contributed by atoms with Crippen molar-refractivity contribution in [2.24, 2.45) is 0 Å². The molecule has 0 amide bonds. The zero-order chi connectivity index (χ0) is 19.6. The van der Waals surface area contributed by atoms with E-state index in [2.05, 4.69) is 0 Å². The highest BCUT2D eigenvalue weighted by molar-refractivity contribution is 6.09. The number of nitrogens with zero attached hydrogens (tertiary/aromatic N) is 1. The molecule has 1 N–H and O–H groups in total. The van der Waals surface area contributed by atoms with Gasteiger partial charge >= 0.3 is 11.9 Å². The van der Waals surface area contributed by atoms with Gasteiger partial charge in [0.1, 0.15) is 5.75 Å². The van der Waals surface area contributed by atoms with Crippen molar-refractivity contribution < 1.29 is 24.2 Å². The number of carbonyl (C=O) groups is 2. The van der Waals surface area contributed by atoms with E-state index >= 15 is 0 Å². The van der Waals surface area contributed by atoms with Gasteiger partial charge in [0.2, 0.25) is 0 Å². The van der Waals surface area contributed by atoms with Crippen molar-refractivity contribution in [2.45, 2.75) is 53.5 Å². The van der Waals surface area contributed by atoms with Gasteiger partial charge in [0.05, 0.1) is 24.7 Å². The van der Waals surface area contributed by atoms with E-state index in [4.69, 9.17) is 9.47 Å². The van der Waals surface area contributed by atoms with Gasteiger partial charge in [-0.2, -0.15) is 0 Å². The van der Waals surface area contributed by atoms with E-state index in [1.54, 1.807) is 32.9 Å². The second kappa shape index (κ2) is 7.81. The van der Waals surface area contributed by atoms with Crippen molar-refractivity contribution in [1.82, 2.24) is 4.57 Å². The first-order chi connectivity index (χ1) is 12.3. The van der Waals surface area contributed by atoms with Crippen LogP contribution in [0, 0.1) is 6.92 Å². The summed E-state index contributed by atoms with van der Waals surface area (Å²) in [6.07, 6.45) is 0. The van der Waals surface area contributed by atoms with Crippen LogP contribution in [-0.4, -0.2) is 34.8 Å². The van der Waals surface area contributed by atoms with E-state index in [0.717, 1.165) is 11.2 Å². The van der Waals surface area contributed by atoms with Gasteiger partial charge in [0.25, 0.3) is 0 Å². The van der Waals surface area contributed by atoms with Gasteiger partial charge < -0.3 is 19.1 Å². The van der Waals surface area contributed by atoms with Crippen molar-refractivity contribution >= 4 is 22.8 Å². The van der Waals surface area contributed by atoms with Crippen LogP contribution < -0.4 is 0 Å². The molecule has 6 heteroatoms. The molecule has 6 nitrogen and oxygen atoms in total. The minimum Gasteiger partial charge on any atom is -0.508 e. The molecule has 1 atom stereocenters. The number of ether oxygens (including phenoxy) is 2. The van der Waals surface area contributed by atoms with Crippen LogP contribution in [0.25, 0.3) is 10.9 Å². The highest BCUT2D eigenvalue weighted by Crippen LogP contribution is 2.40. The molecule has 0 aliphatic rings. The average Bonchev–Trinajstić information content (AvgIpc) is 2.86. The van der Waals surface area contributed by atoms with Gasteiger partial charge in [0.15, 0.2) is 0 Å². The first kappa shape index (κ1) is 19.8. The number of benzene rings is 1. The molecule has 1 unspecified atom stereocenters. The normalized spacial score (nSPS) is 12.4. The Bertz CT molecular complexity index is 835. The summed E-state index contributed by atoms with van der Waals surface area (Å²) in [7, 11) is 0. The number of phenolic OH excluding ortho intramolecular Hbond substituents is 1. The summed E-state index contributed by atoms with van der Waals surface area (Å²) in [6, 6.07) is 3.42. The second-order valence-corrected chi connectivity index (χ2v) is 6.51. The van der Waals surface area contributed by atoms with Crippen LogP contribution in [0.2, 0.25) is 0 Å². The summed E-state index contributed by atoms with van der Waals surface area (Å²) in [4.78, 5) is 25.0. The molecule has 0 radical (unpaired) electrons. The van der Waals surface area contributed by atoms with E-state index in [1.807, 2.05) is 25.3 Å². The molecule has 2 aromatic rings. The standard InChI is InChI=1S/C20H27NO5/c1-7-25-19(23)12(5)16-15(22)10-9-14-18(16)17(20(24)26-8-2)13(6)21(14)11(3)4/h9-12,22H,7-8H2,1-6H3. The number of hydrogen-bond acceptors (Lipinski definition) is 5. The van der Waals surface area contributed by atoms with Crippen LogP contribution in [0.1, 0.15) is 68.2 Å². The Morgan fingerprint density at radius 3 is 2.27 bits per heavy atom. The Hall–Kier alpha value is -2.50. The lowest BCUT2D eigenvalue weighted by atomic mass is 9.93. The summed E-state index contributed by atoms with van der Waals surface area (Å²) in [6.45, 7) is 11.5. The van der Waals surface area contributed by atoms with Crippen LogP contribution >= 0.6 is 0 Å².